The normalized spacial score (nSPS) is 9.50. The molecule has 2 nitrogen and oxygen atoms in total. The fourth-order valence-corrected chi connectivity index (χ4v) is 1.91. The van der Waals surface area contributed by atoms with Crippen molar-refractivity contribution in [2.24, 2.45) is 0 Å². The molecule has 68 valence electrons. The molecule has 0 atom stereocenters. The summed E-state index contributed by atoms with van der Waals surface area (Å²) in [5.74, 6) is 0. The van der Waals surface area contributed by atoms with Crippen LogP contribution in [0.5, 0.6) is 0 Å². The van der Waals surface area contributed by atoms with Gasteiger partial charge in [-0.1, -0.05) is 30.0 Å². The van der Waals surface area contributed by atoms with Crippen LogP contribution < -0.4 is 0 Å². The van der Waals surface area contributed by atoms with Crippen LogP contribution in [0.2, 0.25) is 0 Å². The quantitative estimate of drug-likeness (QED) is 0.836. The average molecular weight is 256 g/mol. The van der Waals surface area contributed by atoms with Gasteiger partial charge in [0, 0.05) is 36.8 Å². The molecule has 0 aliphatic heterocycles. The molecule has 0 radical (unpaired) electrons. The van der Waals surface area contributed by atoms with Gasteiger partial charge in [0.25, 0.3) is 0 Å². The van der Waals surface area contributed by atoms with Gasteiger partial charge in [0.1, 0.15) is 0 Å². The predicted octanol–water partition coefficient (Wildman–Crippen LogP) is 2.87. The largest absolute Gasteiger partial charge is 0.339 e. The summed E-state index contributed by atoms with van der Waals surface area (Å²) < 4.78 is 0. The molecule has 1 heterocycles. The first-order chi connectivity index (χ1) is 6.36. The van der Waals surface area contributed by atoms with Crippen LogP contribution in [-0.2, 0) is 19.5 Å². The van der Waals surface area contributed by atoms with E-state index >= 15 is 0 Å². The van der Waals surface area contributed by atoms with Crippen molar-refractivity contribution >= 4 is 11.8 Å². The Morgan fingerprint density at radius 2 is 2.07 bits per heavy atom. The fraction of sp³-hybridized carbons (Fsp3) is 0.100. The smallest absolute Gasteiger partial charge is 0.170 e. The number of aromatic nitrogens is 2. The van der Waals surface area contributed by atoms with Gasteiger partial charge in [-0.2, -0.15) is 0 Å². The summed E-state index contributed by atoms with van der Waals surface area (Å²) in [6.07, 6.45) is 3.60. The van der Waals surface area contributed by atoms with Crippen LogP contribution in [-0.4, -0.2) is 9.97 Å². The summed E-state index contributed by atoms with van der Waals surface area (Å²) in [6, 6.07) is 8.29. The Bertz CT molecular complexity index is 387. The Balaban J connectivity index is 0.000000980. The van der Waals surface area contributed by atoms with Crippen molar-refractivity contribution in [2.75, 3.05) is 0 Å². The summed E-state index contributed by atoms with van der Waals surface area (Å²) in [4.78, 5) is 8.47. The van der Waals surface area contributed by atoms with E-state index in [4.69, 9.17) is 0 Å². The molecule has 1 aromatic heterocycles. The van der Waals surface area contributed by atoms with E-state index in [-0.39, 0.29) is 19.5 Å². The number of nitrogens with zero attached hydrogens (tertiary/aromatic N) is 1. The Morgan fingerprint density at radius 1 is 1.29 bits per heavy atom. The van der Waals surface area contributed by atoms with E-state index in [1.165, 1.54) is 10.5 Å². The molecular formula is C10H10N2SZn. The van der Waals surface area contributed by atoms with Crippen molar-refractivity contribution in [1.82, 2.24) is 9.97 Å². The monoisotopic (exact) mass is 254 g/mol. The van der Waals surface area contributed by atoms with E-state index in [0.717, 1.165) is 5.16 Å². The van der Waals surface area contributed by atoms with Crippen LogP contribution in [0, 0.1) is 6.92 Å². The topological polar surface area (TPSA) is 28.7 Å². The first-order valence-electron chi connectivity index (χ1n) is 4.09. The minimum absolute atomic E-state index is 0. The number of nitrogens with one attached hydrogen (secondary N) is 1. The SMILES string of the molecule is Cc1ccccc1Sc1ncc[nH]1.[Zn]. The molecule has 0 fully saturated rings. The van der Waals surface area contributed by atoms with Crippen molar-refractivity contribution in [2.45, 2.75) is 17.0 Å². The van der Waals surface area contributed by atoms with Crippen LogP contribution >= 0.6 is 11.8 Å². The second kappa shape index (κ2) is 5.33. The van der Waals surface area contributed by atoms with Crippen molar-refractivity contribution in [1.29, 1.82) is 0 Å². The summed E-state index contributed by atoms with van der Waals surface area (Å²) in [5, 5.41) is 0.939. The van der Waals surface area contributed by atoms with Crippen molar-refractivity contribution in [3.8, 4) is 0 Å². The van der Waals surface area contributed by atoms with Gasteiger partial charge in [-0.3, -0.25) is 0 Å². The van der Waals surface area contributed by atoms with E-state index in [9.17, 15) is 0 Å². The zero-order valence-electron chi connectivity index (χ0n) is 8.03. The molecule has 2 rings (SSSR count). The number of rotatable bonds is 2. The molecule has 0 aliphatic carbocycles. The van der Waals surface area contributed by atoms with Crippen LogP contribution in [0.15, 0.2) is 46.7 Å². The van der Waals surface area contributed by atoms with E-state index in [1.807, 2.05) is 18.3 Å². The Labute approximate surface area is 100 Å². The molecule has 4 heteroatoms. The number of benzene rings is 1. The molecule has 14 heavy (non-hydrogen) atoms. The number of H-pyrrole nitrogens is 1. The van der Waals surface area contributed by atoms with Gasteiger partial charge >= 0.3 is 0 Å². The standard InChI is InChI=1S/C10H10N2S.Zn/c1-8-4-2-3-5-9(8)13-10-11-6-7-12-10;/h2-7H,1H3,(H,11,12);. The third kappa shape index (κ3) is 2.69. The zero-order chi connectivity index (χ0) is 9.10. The molecule has 1 N–H and O–H groups in total. The Kier molecular flexibility index (Phi) is 4.37. The van der Waals surface area contributed by atoms with E-state index in [2.05, 4.69) is 29.0 Å². The minimum Gasteiger partial charge on any atom is -0.339 e. The molecule has 0 bridgehead atoms. The van der Waals surface area contributed by atoms with Gasteiger partial charge in [-0.15, -0.1) is 0 Å². The van der Waals surface area contributed by atoms with E-state index < -0.39 is 0 Å². The van der Waals surface area contributed by atoms with Crippen molar-refractivity contribution in [3.05, 3.63) is 42.2 Å². The summed E-state index contributed by atoms with van der Waals surface area (Å²) in [7, 11) is 0. The van der Waals surface area contributed by atoms with Crippen LogP contribution in [0.25, 0.3) is 0 Å². The Hall–Kier alpha value is -0.597. The maximum absolute atomic E-state index is 4.16. The first kappa shape index (κ1) is 11.5. The molecule has 1 aromatic carbocycles. The average Bonchev–Trinajstić information content (AvgIpc) is 2.61. The second-order valence-corrected chi connectivity index (χ2v) is 3.79. The maximum atomic E-state index is 4.16. The van der Waals surface area contributed by atoms with E-state index in [1.54, 1.807) is 18.0 Å². The summed E-state index contributed by atoms with van der Waals surface area (Å²) in [6.45, 7) is 2.10. The van der Waals surface area contributed by atoms with Crippen LogP contribution in [0.1, 0.15) is 5.56 Å². The fourth-order valence-electron chi connectivity index (χ4n) is 1.08. The maximum Gasteiger partial charge on any atom is 0.170 e. The molecule has 0 spiro atoms. The number of aromatic amines is 1. The molecular weight excluding hydrogens is 246 g/mol. The molecule has 0 saturated heterocycles. The van der Waals surface area contributed by atoms with Gasteiger partial charge < -0.3 is 4.98 Å². The van der Waals surface area contributed by atoms with Crippen molar-refractivity contribution in [3.63, 3.8) is 0 Å². The predicted molar refractivity (Wildman–Crippen MR) is 53.9 cm³/mol. The first-order valence-corrected chi connectivity index (χ1v) is 4.91. The van der Waals surface area contributed by atoms with Gasteiger partial charge in [0.05, 0.1) is 0 Å². The molecule has 0 unspecified atom stereocenters. The third-order valence-corrected chi connectivity index (χ3v) is 2.87. The number of hydrogen-bond acceptors (Lipinski definition) is 2. The third-order valence-electron chi connectivity index (χ3n) is 1.77. The van der Waals surface area contributed by atoms with Gasteiger partial charge in [0.2, 0.25) is 0 Å². The summed E-state index contributed by atoms with van der Waals surface area (Å²) in [5.41, 5.74) is 1.28. The zero-order valence-corrected chi connectivity index (χ0v) is 11.8. The van der Waals surface area contributed by atoms with Crippen LogP contribution in [0.4, 0.5) is 0 Å². The van der Waals surface area contributed by atoms with Gasteiger partial charge in [0.15, 0.2) is 5.16 Å². The Morgan fingerprint density at radius 3 is 2.71 bits per heavy atom. The molecule has 0 saturated carbocycles. The molecule has 0 amide bonds. The van der Waals surface area contributed by atoms with Crippen molar-refractivity contribution < 1.29 is 19.5 Å². The molecule has 2 aromatic rings. The number of aryl methyl sites for hydroxylation is 1. The van der Waals surface area contributed by atoms with E-state index in [0.29, 0.717) is 0 Å². The summed E-state index contributed by atoms with van der Waals surface area (Å²) >= 11 is 1.65. The van der Waals surface area contributed by atoms with Crippen LogP contribution in [0.3, 0.4) is 0 Å². The second-order valence-electron chi connectivity index (χ2n) is 2.76. The number of imidazole rings is 1. The van der Waals surface area contributed by atoms with Gasteiger partial charge in [-0.05, 0) is 18.6 Å². The van der Waals surface area contributed by atoms with Gasteiger partial charge in [-0.25, -0.2) is 4.98 Å². The minimum atomic E-state index is 0. The molecule has 0 aliphatic rings. The number of hydrogen-bond donors (Lipinski definition) is 1.